The maximum Gasteiger partial charge on any atom is 0.306 e. The highest BCUT2D eigenvalue weighted by molar-refractivity contribution is 5.76. The number of carboxylic acids is 1. The molecule has 2 heterocycles. The van der Waals surface area contributed by atoms with Crippen LogP contribution in [0.2, 0.25) is 0 Å². The summed E-state index contributed by atoms with van der Waals surface area (Å²) in [6, 6.07) is 1.92. The molecule has 1 saturated heterocycles. The van der Waals surface area contributed by atoms with E-state index in [0.717, 1.165) is 11.4 Å². The van der Waals surface area contributed by atoms with E-state index in [2.05, 4.69) is 5.10 Å². The zero-order chi connectivity index (χ0) is 14.7. The Morgan fingerprint density at radius 3 is 2.85 bits per heavy atom. The second-order valence-electron chi connectivity index (χ2n) is 5.02. The van der Waals surface area contributed by atoms with Crippen molar-refractivity contribution in [2.45, 2.75) is 32.9 Å². The molecule has 1 aromatic heterocycles. The molecule has 1 aliphatic heterocycles. The lowest BCUT2D eigenvalue weighted by atomic mass is 10.2. The van der Waals surface area contributed by atoms with Gasteiger partial charge in [-0.1, -0.05) is 0 Å². The molecular weight excluding hydrogens is 262 g/mol. The molecule has 0 unspecified atom stereocenters. The molecule has 1 aromatic rings. The van der Waals surface area contributed by atoms with E-state index in [9.17, 15) is 9.59 Å². The van der Waals surface area contributed by atoms with Crippen molar-refractivity contribution in [3.05, 3.63) is 17.5 Å². The molecule has 0 bridgehead atoms. The summed E-state index contributed by atoms with van der Waals surface area (Å²) < 4.78 is 7.02. The van der Waals surface area contributed by atoms with Gasteiger partial charge in [-0.25, -0.2) is 0 Å². The molecule has 2 rings (SSSR count). The normalized spacial score (nSPS) is 19.1. The van der Waals surface area contributed by atoms with E-state index >= 15 is 0 Å². The molecule has 0 aromatic carbocycles. The first-order chi connectivity index (χ1) is 9.45. The Labute approximate surface area is 117 Å². The maximum atomic E-state index is 12.2. The number of aryl methyl sites for hydroxylation is 2. The first-order valence-electron chi connectivity index (χ1n) is 6.58. The number of hydrogen-bond donors (Lipinski definition) is 1. The number of aliphatic carboxylic acids is 1. The van der Waals surface area contributed by atoms with Gasteiger partial charge in [0, 0.05) is 18.8 Å². The van der Waals surface area contributed by atoms with Crippen LogP contribution >= 0.6 is 0 Å². The molecule has 7 nitrogen and oxygen atoms in total. The summed E-state index contributed by atoms with van der Waals surface area (Å²) in [6.45, 7) is 5.16. The number of rotatable bonds is 4. The molecule has 0 spiro atoms. The maximum absolute atomic E-state index is 12.2. The van der Waals surface area contributed by atoms with Crippen LogP contribution in [-0.2, 0) is 20.9 Å². The van der Waals surface area contributed by atoms with Crippen molar-refractivity contribution >= 4 is 11.9 Å². The van der Waals surface area contributed by atoms with Crippen LogP contribution in [0, 0.1) is 13.8 Å². The van der Waals surface area contributed by atoms with Gasteiger partial charge in [0.25, 0.3) is 0 Å². The van der Waals surface area contributed by atoms with Crippen LogP contribution in [0.1, 0.15) is 17.8 Å². The van der Waals surface area contributed by atoms with Crippen molar-refractivity contribution < 1.29 is 19.4 Å². The topological polar surface area (TPSA) is 84.7 Å². The minimum absolute atomic E-state index is 0.0603. The van der Waals surface area contributed by atoms with Gasteiger partial charge in [-0.05, 0) is 19.9 Å². The van der Waals surface area contributed by atoms with E-state index in [4.69, 9.17) is 9.84 Å². The highest BCUT2D eigenvalue weighted by atomic mass is 16.5. The van der Waals surface area contributed by atoms with Gasteiger partial charge in [0.2, 0.25) is 5.91 Å². The standard InChI is InChI=1S/C13H19N3O4/c1-9-5-10(2)16(14-9)8-12(17)15-3-4-20-11(7-15)6-13(18)19/h5,11H,3-4,6-8H2,1-2H3,(H,18,19)/t11-/m0/s1. The van der Waals surface area contributed by atoms with Crippen molar-refractivity contribution in [3.8, 4) is 0 Å². The second-order valence-corrected chi connectivity index (χ2v) is 5.02. The van der Waals surface area contributed by atoms with E-state index in [0.29, 0.717) is 19.7 Å². The largest absolute Gasteiger partial charge is 0.481 e. The zero-order valence-corrected chi connectivity index (χ0v) is 11.7. The van der Waals surface area contributed by atoms with Gasteiger partial charge in [-0.3, -0.25) is 14.3 Å². The van der Waals surface area contributed by atoms with E-state index in [-0.39, 0.29) is 18.9 Å². The quantitative estimate of drug-likeness (QED) is 0.852. The van der Waals surface area contributed by atoms with Crippen molar-refractivity contribution in [2.24, 2.45) is 0 Å². The summed E-state index contributed by atoms with van der Waals surface area (Å²) in [6.07, 6.45) is -0.505. The number of ether oxygens (including phenoxy) is 1. The molecule has 1 amide bonds. The van der Waals surface area contributed by atoms with Crippen LogP contribution in [0.5, 0.6) is 0 Å². The van der Waals surface area contributed by atoms with Crippen LogP contribution in [0.25, 0.3) is 0 Å². The molecule has 0 saturated carbocycles. The molecule has 110 valence electrons. The van der Waals surface area contributed by atoms with E-state index in [1.807, 2.05) is 19.9 Å². The Morgan fingerprint density at radius 2 is 2.25 bits per heavy atom. The Hall–Kier alpha value is -1.89. The van der Waals surface area contributed by atoms with E-state index in [1.54, 1.807) is 9.58 Å². The van der Waals surface area contributed by atoms with Crippen molar-refractivity contribution in [1.82, 2.24) is 14.7 Å². The number of nitrogens with zero attached hydrogens (tertiary/aromatic N) is 3. The van der Waals surface area contributed by atoms with Gasteiger partial charge in [0.1, 0.15) is 6.54 Å². The lowest BCUT2D eigenvalue weighted by Gasteiger charge is -2.32. The summed E-state index contributed by atoms with van der Waals surface area (Å²) in [5.41, 5.74) is 1.81. The summed E-state index contributed by atoms with van der Waals surface area (Å²) in [7, 11) is 0. The zero-order valence-electron chi connectivity index (χ0n) is 11.7. The minimum atomic E-state index is -0.914. The Balaban J connectivity index is 1.95. The van der Waals surface area contributed by atoms with Crippen molar-refractivity contribution in [1.29, 1.82) is 0 Å². The Morgan fingerprint density at radius 1 is 1.50 bits per heavy atom. The molecule has 1 aliphatic rings. The number of carbonyl (C=O) groups is 2. The predicted molar refractivity (Wildman–Crippen MR) is 70.3 cm³/mol. The van der Waals surface area contributed by atoms with E-state index in [1.165, 1.54) is 0 Å². The average Bonchev–Trinajstić information content (AvgIpc) is 2.67. The number of hydrogen-bond acceptors (Lipinski definition) is 4. The summed E-state index contributed by atoms with van der Waals surface area (Å²) in [5.74, 6) is -0.974. The summed E-state index contributed by atoms with van der Waals surface area (Å²) in [4.78, 5) is 24.6. The highest BCUT2D eigenvalue weighted by Gasteiger charge is 2.26. The fourth-order valence-electron chi connectivity index (χ4n) is 2.33. The fourth-order valence-corrected chi connectivity index (χ4v) is 2.33. The van der Waals surface area contributed by atoms with Crippen LogP contribution < -0.4 is 0 Å². The van der Waals surface area contributed by atoms with E-state index < -0.39 is 12.1 Å². The fraction of sp³-hybridized carbons (Fsp3) is 0.615. The molecule has 1 N–H and O–H groups in total. The van der Waals surface area contributed by atoms with Gasteiger partial charge in [0.05, 0.1) is 24.8 Å². The Kier molecular flexibility index (Phi) is 4.39. The highest BCUT2D eigenvalue weighted by Crippen LogP contribution is 2.10. The van der Waals surface area contributed by atoms with Gasteiger partial charge in [-0.2, -0.15) is 5.10 Å². The number of carbonyl (C=O) groups excluding carboxylic acids is 1. The van der Waals surface area contributed by atoms with Crippen molar-refractivity contribution in [3.63, 3.8) is 0 Å². The van der Waals surface area contributed by atoms with Crippen LogP contribution in [0.3, 0.4) is 0 Å². The lowest BCUT2D eigenvalue weighted by molar-refractivity contribution is -0.148. The van der Waals surface area contributed by atoms with Crippen LogP contribution in [-0.4, -0.2) is 57.5 Å². The smallest absolute Gasteiger partial charge is 0.306 e. The SMILES string of the molecule is Cc1cc(C)n(CC(=O)N2CCO[C@@H](CC(=O)O)C2)n1. The Bertz CT molecular complexity index is 512. The van der Waals surface area contributed by atoms with Gasteiger partial charge in [-0.15, -0.1) is 0 Å². The number of aromatic nitrogens is 2. The predicted octanol–water partition coefficient (Wildman–Crippen LogP) is 0.202. The number of morpholine rings is 1. The molecule has 1 atom stereocenters. The molecule has 7 heteroatoms. The monoisotopic (exact) mass is 281 g/mol. The third-order valence-electron chi connectivity index (χ3n) is 3.28. The molecule has 0 radical (unpaired) electrons. The van der Waals surface area contributed by atoms with Gasteiger partial charge >= 0.3 is 5.97 Å². The minimum Gasteiger partial charge on any atom is -0.481 e. The number of carboxylic acid groups (broad SMARTS) is 1. The molecule has 20 heavy (non-hydrogen) atoms. The molecule has 0 aliphatic carbocycles. The lowest BCUT2D eigenvalue weighted by Crippen LogP contribution is -2.47. The summed E-state index contributed by atoms with van der Waals surface area (Å²) in [5, 5.41) is 13.0. The molecule has 1 fully saturated rings. The third-order valence-corrected chi connectivity index (χ3v) is 3.28. The van der Waals surface area contributed by atoms with Crippen molar-refractivity contribution in [2.75, 3.05) is 19.7 Å². The average molecular weight is 281 g/mol. The second kappa shape index (κ2) is 6.04. The van der Waals surface area contributed by atoms with Gasteiger partial charge < -0.3 is 14.7 Å². The van der Waals surface area contributed by atoms with Gasteiger partial charge in [0.15, 0.2) is 0 Å². The molecular formula is C13H19N3O4. The third kappa shape index (κ3) is 3.57. The first kappa shape index (κ1) is 14.5. The number of amides is 1. The van der Waals surface area contributed by atoms with Crippen LogP contribution in [0.15, 0.2) is 6.07 Å². The van der Waals surface area contributed by atoms with Crippen LogP contribution in [0.4, 0.5) is 0 Å². The first-order valence-corrected chi connectivity index (χ1v) is 6.58. The summed E-state index contributed by atoms with van der Waals surface area (Å²) >= 11 is 0.